The van der Waals surface area contributed by atoms with Gasteiger partial charge in [0.15, 0.2) is 0 Å². The molecule has 1 aromatic heterocycles. The third-order valence-corrected chi connectivity index (χ3v) is 3.18. The number of aryl methyl sites for hydroxylation is 1. The lowest BCUT2D eigenvalue weighted by molar-refractivity contribution is 0.0696. The van der Waals surface area contributed by atoms with Gasteiger partial charge in [0.05, 0.1) is 11.8 Å². The van der Waals surface area contributed by atoms with Crippen molar-refractivity contribution >= 4 is 5.97 Å². The monoisotopic (exact) mass is 301 g/mol. The third kappa shape index (κ3) is 4.48. The lowest BCUT2D eigenvalue weighted by atomic mass is 10.2. The molecule has 0 spiro atoms. The van der Waals surface area contributed by atoms with E-state index in [1.807, 2.05) is 26.0 Å². The van der Waals surface area contributed by atoms with Gasteiger partial charge in [0.1, 0.15) is 24.2 Å². The first kappa shape index (κ1) is 15.8. The molecule has 1 heterocycles. The van der Waals surface area contributed by atoms with Gasteiger partial charge >= 0.3 is 5.97 Å². The summed E-state index contributed by atoms with van der Waals surface area (Å²) in [5, 5.41) is 8.85. The van der Waals surface area contributed by atoms with E-state index >= 15 is 0 Å². The molecule has 2 aromatic rings. The first-order valence-corrected chi connectivity index (χ1v) is 7.14. The van der Waals surface area contributed by atoms with Crippen LogP contribution < -0.4 is 9.47 Å². The van der Waals surface area contributed by atoms with Gasteiger partial charge in [0.2, 0.25) is 0 Å². The van der Waals surface area contributed by atoms with E-state index in [1.54, 1.807) is 18.3 Å². The minimum atomic E-state index is -0.951. The second-order valence-corrected chi connectivity index (χ2v) is 4.92. The number of carboxylic acid groups (broad SMARTS) is 1. The van der Waals surface area contributed by atoms with E-state index in [2.05, 4.69) is 4.98 Å². The lowest BCUT2D eigenvalue weighted by Gasteiger charge is -2.18. The minimum absolute atomic E-state index is 0.0938. The van der Waals surface area contributed by atoms with E-state index < -0.39 is 5.97 Å². The van der Waals surface area contributed by atoms with E-state index in [4.69, 9.17) is 14.6 Å². The standard InChI is InChI=1S/C17H19NO4/c1-3-14(22-16-7-4-12(2)18-10-16)11-21-15-8-5-13(6-9-15)17(19)20/h4-10,14H,3,11H2,1-2H3,(H,19,20). The van der Waals surface area contributed by atoms with Crippen LogP contribution in [0.2, 0.25) is 0 Å². The van der Waals surface area contributed by atoms with Gasteiger partial charge in [-0.05, 0) is 49.7 Å². The smallest absolute Gasteiger partial charge is 0.335 e. The van der Waals surface area contributed by atoms with Crippen LogP contribution in [0.1, 0.15) is 29.4 Å². The number of rotatable bonds is 7. The van der Waals surface area contributed by atoms with Gasteiger partial charge in [0, 0.05) is 5.69 Å². The number of hydrogen-bond donors (Lipinski definition) is 1. The molecule has 2 rings (SSSR count). The van der Waals surface area contributed by atoms with Crippen LogP contribution >= 0.6 is 0 Å². The topological polar surface area (TPSA) is 68.7 Å². The van der Waals surface area contributed by atoms with Gasteiger partial charge in [-0.15, -0.1) is 0 Å². The summed E-state index contributed by atoms with van der Waals surface area (Å²) in [6.07, 6.45) is 2.39. The molecule has 0 radical (unpaired) electrons. The van der Waals surface area contributed by atoms with Crippen molar-refractivity contribution in [2.45, 2.75) is 26.4 Å². The number of ether oxygens (including phenoxy) is 2. The molecule has 116 valence electrons. The number of aromatic nitrogens is 1. The van der Waals surface area contributed by atoms with Crippen molar-refractivity contribution in [2.24, 2.45) is 0 Å². The Labute approximate surface area is 129 Å². The maximum atomic E-state index is 10.8. The van der Waals surface area contributed by atoms with Crippen molar-refractivity contribution in [3.63, 3.8) is 0 Å². The molecule has 0 bridgehead atoms. The Morgan fingerprint density at radius 2 is 1.86 bits per heavy atom. The lowest BCUT2D eigenvalue weighted by Crippen LogP contribution is -2.24. The van der Waals surface area contributed by atoms with Crippen LogP contribution in [0.4, 0.5) is 0 Å². The molecule has 1 aromatic carbocycles. The molecule has 1 N–H and O–H groups in total. The highest BCUT2D eigenvalue weighted by atomic mass is 16.5. The zero-order chi connectivity index (χ0) is 15.9. The molecular formula is C17H19NO4. The minimum Gasteiger partial charge on any atom is -0.490 e. The summed E-state index contributed by atoms with van der Waals surface area (Å²) in [7, 11) is 0. The Morgan fingerprint density at radius 3 is 2.41 bits per heavy atom. The molecule has 0 fully saturated rings. The summed E-state index contributed by atoms with van der Waals surface area (Å²) in [6.45, 7) is 4.32. The number of benzene rings is 1. The molecule has 0 aliphatic rings. The van der Waals surface area contributed by atoms with Crippen LogP contribution in [0.15, 0.2) is 42.6 Å². The Balaban J connectivity index is 1.90. The van der Waals surface area contributed by atoms with Crippen molar-refractivity contribution in [3.05, 3.63) is 53.9 Å². The Morgan fingerprint density at radius 1 is 1.18 bits per heavy atom. The molecule has 5 nitrogen and oxygen atoms in total. The highest BCUT2D eigenvalue weighted by Crippen LogP contribution is 2.16. The summed E-state index contributed by atoms with van der Waals surface area (Å²) in [5.41, 5.74) is 1.18. The predicted molar refractivity (Wildman–Crippen MR) is 82.6 cm³/mol. The van der Waals surface area contributed by atoms with E-state index in [0.29, 0.717) is 18.1 Å². The van der Waals surface area contributed by atoms with Gasteiger partial charge in [-0.1, -0.05) is 6.92 Å². The molecule has 0 aliphatic carbocycles. The van der Waals surface area contributed by atoms with E-state index in [9.17, 15) is 4.79 Å². The fourth-order valence-corrected chi connectivity index (χ4v) is 1.83. The Bertz CT molecular complexity index is 608. The fourth-order valence-electron chi connectivity index (χ4n) is 1.83. The van der Waals surface area contributed by atoms with Crippen molar-refractivity contribution in [3.8, 4) is 11.5 Å². The Kier molecular flexibility index (Phi) is 5.36. The number of carbonyl (C=O) groups is 1. The van der Waals surface area contributed by atoms with Gasteiger partial charge in [-0.2, -0.15) is 0 Å². The summed E-state index contributed by atoms with van der Waals surface area (Å²) in [4.78, 5) is 15.0. The van der Waals surface area contributed by atoms with Crippen molar-refractivity contribution in [1.82, 2.24) is 4.98 Å². The maximum absolute atomic E-state index is 10.8. The normalized spacial score (nSPS) is 11.7. The molecule has 5 heteroatoms. The van der Waals surface area contributed by atoms with Crippen LogP contribution in [0.25, 0.3) is 0 Å². The summed E-state index contributed by atoms with van der Waals surface area (Å²) < 4.78 is 11.5. The zero-order valence-electron chi connectivity index (χ0n) is 12.7. The van der Waals surface area contributed by atoms with Gasteiger partial charge in [0.25, 0.3) is 0 Å². The number of aromatic carboxylic acids is 1. The summed E-state index contributed by atoms with van der Waals surface area (Å²) in [6, 6.07) is 10.1. The van der Waals surface area contributed by atoms with Crippen LogP contribution in [0, 0.1) is 6.92 Å². The maximum Gasteiger partial charge on any atom is 0.335 e. The van der Waals surface area contributed by atoms with Gasteiger partial charge < -0.3 is 14.6 Å². The molecule has 0 saturated carbocycles. The average Bonchev–Trinajstić information content (AvgIpc) is 2.53. The summed E-state index contributed by atoms with van der Waals surface area (Å²) >= 11 is 0. The van der Waals surface area contributed by atoms with Crippen molar-refractivity contribution in [2.75, 3.05) is 6.61 Å². The number of pyridine rings is 1. The van der Waals surface area contributed by atoms with Crippen molar-refractivity contribution in [1.29, 1.82) is 0 Å². The van der Waals surface area contributed by atoms with Crippen LogP contribution in [0.5, 0.6) is 11.5 Å². The Hall–Kier alpha value is -2.56. The van der Waals surface area contributed by atoms with Gasteiger partial charge in [-0.3, -0.25) is 4.98 Å². The molecule has 22 heavy (non-hydrogen) atoms. The second-order valence-electron chi connectivity index (χ2n) is 4.92. The quantitative estimate of drug-likeness (QED) is 0.849. The number of carboxylic acids is 1. The van der Waals surface area contributed by atoms with Crippen molar-refractivity contribution < 1.29 is 19.4 Å². The number of hydrogen-bond acceptors (Lipinski definition) is 4. The predicted octanol–water partition coefficient (Wildman–Crippen LogP) is 3.32. The highest BCUT2D eigenvalue weighted by molar-refractivity contribution is 5.87. The van der Waals surface area contributed by atoms with Crippen LogP contribution in [-0.4, -0.2) is 28.8 Å². The fraction of sp³-hybridized carbons (Fsp3) is 0.294. The molecular weight excluding hydrogens is 282 g/mol. The summed E-state index contributed by atoms with van der Waals surface area (Å²) in [5.74, 6) is 0.379. The van der Waals surface area contributed by atoms with E-state index in [-0.39, 0.29) is 11.7 Å². The molecule has 1 unspecified atom stereocenters. The van der Waals surface area contributed by atoms with Crippen LogP contribution in [0.3, 0.4) is 0 Å². The highest BCUT2D eigenvalue weighted by Gasteiger charge is 2.10. The van der Waals surface area contributed by atoms with E-state index in [0.717, 1.165) is 12.1 Å². The average molecular weight is 301 g/mol. The second kappa shape index (κ2) is 7.45. The first-order valence-electron chi connectivity index (χ1n) is 7.14. The van der Waals surface area contributed by atoms with Crippen LogP contribution in [-0.2, 0) is 0 Å². The SMILES string of the molecule is CCC(COc1ccc(C(=O)O)cc1)Oc1ccc(C)nc1. The molecule has 0 saturated heterocycles. The largest absolute Gasteiger partial charge is 0.490 e. The number of nitrogens with zero attached hydrogens (tertiary/aromatic N) is 1. The molecule has 1 atom stereocenters. The zero-order valence-corrected chi connectivity index (χ0v) is 12.7. The molecule has 0 aliphatic heterocycles. The first-order chi connectivity index (χ1) is 10.6. The molecule has 0 amide bonds. The third-order valence-electron chi connectivity index (χ3n) is 3.18. The van der Waals surface area contributed by atoms with E-state index in [1.165, 1.54) is 12.1 Å². The van der Waals surface area contributed by atoms with Gasteiger partial charge in [-0.25, -0.2) is 4.79 Å².